The number of hydrogen-bond donors (Lipinski definition) is 1. The van der Waals surface area contributed by atoms with Crippen LogP contribution in [0.3, 0.4) is 0 Å². The number of rotatable bonds is 4. The summed E-state index contributed by atoms with van der Waals surface area (Å²) in [7, 11) is 1.19. The normalized spacial score (nSPS) is 33.2. The Labute approximate surface area is 328 Å². The van der Waals surface area contributed by atoms with E-state index in [1.54, 1.807) is 13.1 Å². The first-order valence-corrected chi connectivity index (χ1v) is 21.6. The molecule has 2 fully saturated rings. The van der Waals surface area contributed by atoms with Gasteiger partial charge in [0.1, 0.15) is 21.2 Å². The van der Waals surface area contributed by atoms with Gasteiger partial charge in [-0.2, -0.15) is 0 Å². The Bertz CT molecular complexity index is 2100. The van der Waals surface area contributed by atoms with Crippen molar-refractivity contribution >= 4 is 39.0 Å². The standard InChI is InChI=1S/C41H52ClN5O7S/c1-24-20-53-37-25(2)21-55(50,45-39(49)32-19-46(3)43-40(32)52-5)44-38(48)27-9-13-35-34(16-27)47(18-28-8-11-30(28)36(51-4)17-31(24)37)22-41(23-54-35)14-6-7-26-15-29(42)10-12-33(26)41/h9-10,12-13,15-16,19,24-25,28,30-31,36-37H,6-8,11,14,17-18,20-23H2,1-5H3,(H,44,45,48,49,50)/t24-,25+,28-,30+,31-,36-,37+,41-,55?/m0/s1. The Morgan fingerprint density at radius 2 is 1.95 bits per heavy atom. The van der Waals surface area contributed by atoms with Crippen LogP contribution < -0.4 is 19.1 Å². The first kappa shape index (κ1) is 38.2. The fourth-order valence-electron chi connectivity index (χ4n) is 10.1. The van der Waals surface area contributed by atoms with E-state index in [2.05, 4.69) is 38.1 Å². The van der Waals surface area contributed by atoms with Crippen LogP contribution in [0.5, 0.6) is 11.6 Å². The number of aromatic nitrogens is 2. The van der Waals surface area contributed by atoms with E-state index >= 15 is 4.21 Å². The summed E-state index contributed by atoms with van der Waals surface area (Å²) in [5, 5.41) is 4.92. The van der Waals surface area contributed by atoms with Crippen LogP contribution in [-0.2, 0) is 38.3 Å². The molecular formula is C41H52ClN5O7S. The number of ether oxygens (including phenoxy) is 4. The van der Waals surface area contributed by atoms with E-state index in [1.165, 1.54) is 29.1 Å². The molecule has 2 amide bonds. The number of benzene rings is 2. The van der Waals surface area contributed by atoms with Crippen LogP contribution in [0.2, 0.25) is 5.02 Å². The van der Waals surface area contributed by atoms with E-state index in [4.69, 9.17) is 30.5 Å². The number of amides is 2. The summed E-state index contributed by atoms with van der Waals surface area (Å²) in [6.45, 7) is 6.70. The molecule has 2 aliphatic carbocycles. The van der Waals surface area contributed by atoms with Crippen LogP contribution in [0, 0.1) is 29.6 Å². The average Bonchev–Trinajstić information content (AvgIpc) is 3.67. The van der Waals surface area contributed by atoms with Gasteiger partial charge in [-0.1, -0.05) is 31.5 Å². The molecule has 9 atom stereocenters. The van der Waals surface area contributed by atoms with Gasteiger partial charge in [-0.25, -0.2) is 4.21 Å². The van der Waals surface area contributed by atoms with Gasteiger partial charge in [-0.05, 0) is 110 Å². The van der Waals surface area contributed by atoms with Crippen molar-refractivity contribution in [1.29, 1.82) is 0 Å². The van der Waals surface area contributed by atoms with Crippen molar-refractivity contribution in [2.75, 3.05) is 51.2 Å². The maximum atomic E-state index is 15.0. The number of nitrogens with zero attached hydrogens (tertiary/aromatic N) is 4. The smallest absolute Gasteiger partial charge is 0.286 e. The zero-order valence-electron chi connectivity index (χ0n) is 32.3. The summed E-state index contributed by atoms with van der Waals surface area (Å²) in [5.74, 6) is 0.109. The molecule has 1 N–H and O–H groups in total. The first-order chi connectivity index (χ1) is 26.4. The third-order valence-corrected chi connectivity index (χ3v) is 15.1. The molecule has 2 bridgehead atoms. The van der Waals surface area contributed by atoms with Gasteiger partial charge in [0.05, 0.1) is 37.4 Å². The zero-order valence-corrected chi connectivity index (χ0v) is 33.9. The number of methoxy groups -OCH3 is 2. The molecule has 1 saturated carbocycles. The number of anilines is 1. The van der Waals surface area contributed by atoms with Crippen molar-refractivity contribution in [1.82, 2.24) is 14.5 Å². The van der Waals surface area contributed by atoms with Gasteiger partial charge in [0.25, 0.3) is 11.8 Å². The van der Waals surface area contributed by atoms with Gasteiger partial charge < -0.3 is 23.8 Å². The summed E-state index contributed by atoms with van der Waals surface area (Å²) in [6, 6.07) is 11.6. The molecule has 3 aliphatic heterocycles. The first-order valence-electron chi connectivity index (χ1n) is 19.5. The number of carbonyl (C=O) groups is 2. The van der Waals surface area contributed by atoms with Crippen LogP contribution in [0.25, 0.3) is 0 Å². The second-order valence-electron chi connectivity index (χ2n) is 16.6. The molecule has 3 aromatic rings. The lowest BCUT2D eigenvalue weighted by molar-refractivity contribution is -0.0419. The third kappa shape index (κ3) is 7.26. The minimum absolute atomic E-state index is 0.0180. The van der Waals surface area contributed by atoms with Gasteiger partial charge in [0.15, 0.2) is 0 Å². The van der Waals surface area contributed by atoms with Gasteiger partial charge in [-0.3, -0.25) is 19.0 Å². The minimum Gasteiger partial charge on any atom is -0.490 e. The third-order valence-electron chi connectivity index (χ3n) is 13.0. The molecule has 14 heteroatoms. The molecular weight excluding hydrogens is 742 g/mol. The topological polar surface area (TPSA) is 134 Å². The lowest BCUT2D eigenvalue weighted by Gasteiger charge is -2.47. The monoisotopic (exact) mass is 793 g/mol. The lowest BCUT2D eigenvalue weighted by atomic mass is 9.67. The molecule has 55 heavy (non-hydrogen) atoms. The molecule has 1 spiro atoms. The van der Waals surface area contributed by atoms with E-state index in [9.17, 15) is 9.59 Å². The van der Waals surface area contributed by atoms with Crippen molar-refractivity contribution < 1.29 is 32.7 Å². The van der Waals surface area contributed by atoms with E-state index in [1.807, 2.05) is 32.2 Å². The van der Waals surface area contributed by atoms with Crippen molar-refractivity contribution in [3.63, 3.8) is 0 Å². The molecule has 1 unspecified atom stereocenters. The van der Waals surface area contributed by atoms with Crippen molar-refractivity contribution in [2.24, 2.45) is 41.0 Å². The fraction of sp³-hybridized carbons (Fsp3) is 0.585. The molecule has 4 heterocycles. The number of hydrogen-bond acceptors (Lipinski definition) is 9. The summed E-state index contributed by atoms with van der Waals surface area (Å²) in [6.07, 6.45) is 7.16. The molecule has 8 rings (SSSR count). The van der Waals surface area contributed by atoms with E-state index in [0.29, 0.717) is 37.3 Å². The van der Waals surface area contributed by atoms with Crippen LogP contribution in [-0.4, -0.2) is 84.3 Å². The van der Waals surface area contributed by atoms with Crippen LogP contribution in [0.15, 0.2) is 47.0 Å². The van der Waals surface area contributed by atoms with E-state index in [-0.39, 0.29) is 58.1 Å². The molecule has 5 aliphatic rings. The predicted molar refractivity (Wildman–Crippen MR) is 210 cm³/mol. The predicted octanol–water partition coefficient (Wildman–Crippen LogP) is 6.24. The SMILES string of the molecule is COc1nn(C)cc1C(=O)NS1(=O)=NC(=O)c2ccc3c(c2)N(C[C@@H]2CC[C@H]2[C@@H](OC)C[C@@H]2[C@H](OC[C@@H]2C)[C@H](C)C1)C[C@@]1(CCCc2cc(Cl)ccc21)CO3. The molecule has 1 saturated heterocycles. The van der Waals surface area contributed by atoms with Crippen molar-refractivity contribution in [3.05, 3.63) is 69.9 Å². The largest absolute Gasteiger partial charge is 0.490 e. The second kappa shape index (κ2) is 15.0. The number of carbonyl (C=O) groups excluding carboxylic acids is 2. The molecule has 2 aromatic carbocycles. The van der Waals surface area contributed by atoms with Crippen LogP contribution >= 0.6 is 11.6 Å². The summed E-state index contributed by atoms with van der Waals surface area (Å²) in [4.78, 5) is 30.4. The zero-order chi connectivity index (χ0) is 38.6. The Kier molecular flexibility index (Phi) is 10.4. The van der Waals surface area contributed by atoms with Crippen molar-refractivity contribution in [3.8, 4) is 11.6 Å². The number of nitrogens with one attached hydrogen (secondary N) is 1. The van der Waals surface area contributed by atoms with Gasteiger partial charge in [0, 0.05) is 56.1 Å². The van der Waals surface area contributed by atoms with E-state index < -0.39 is 21.7 Å². The molecule has 1 aromatic heterocycles. The highest BCUT2D eigenvalue weighted by molar-refractivity contribution is 7.92. The Balaban J connectivity index is 1.23. The Morgan fingerprint density at radius 1 is 1.11 bits per heavy atom. The van der Waals surface area contributed by atoms with Crippen LogP contribution in [0.4, 0.5) is 5.69 Å². The minimum atomic E-state index is -3.70. The number of fused-ring (bicyclic) bond motifs is 5. The van der Waals surface area contributed by atoms with E-state index in [0.717, 1.165) is 55.8 Å². The Hall–Kier alpha value is -3.65. The number of aryl methyl sites for hydroxylation is 2. The summed E-state index contributed by atoms with van der Waals surface area (Å²) >= 11 is 6.49. The molecule has 0 radical (unpaired) electrons. The second-order valence-corrected chi connectivity index (χ2v) is 19.0. The highest BCUT2D eigenvalue weighted by Gasteiger charge is 2.47. The lowest BCUT2D eigenvalue weighted by Crippen LogP contribution is -2.50. The highest BCUT2D eigenvalue weighted by Crippen LogP contribution is 2.48. The maximum Gasteiger partial charge on any atom is 0.286 e. The maximum absolute atomic E-state index is 15.0. The molecule has 296 valence electrons. The average molecular weight is 794 g/mol. The molecule has 12 nitrogen and oxygen atoms in total. The quantitative estimate of drug-likeness (QED) is 0.326. The summed E-state index contributed by atoms with van der Waals surface area (Å²) in [5.41, 5.74) is 3.42. The Morgan fingerprint density at radius 3 is 2.71 bits per heavy atom. The van der Waals surface area contributed by atoms with Gasteiger partial charge >= 0.3 is 0 Å². The van der Waals surface area contributed by atoms with Crippen LogP contribution in [0.1, 0.15) is 77.8 Å². The van der Waals surface area contributed by atoms with Gasteiger partial charge in [-0.15, -0.1) is 9.46 Å². The number of halogens is 1. The fourth-order valence-corrected chi connectivity index (χ4v) is 12.1. The highest BCUT2D eigenvalue weighted by atomic mass is 35.5. The van der Waals surface area contributed by atoms with Gasteiger partial charge in [0.2, 0.25) is 5.88 Å². The summed E-state index contributed by atoms with van der Waals surface area (Å²) < 4.78 is 48.3. The van der Waals surface area contributed by atoms with Crippen molar-refractivity contribution in [2.45, 2.75) is 70.0 Å².